The minimum Gasteiger partial charge on any atom is -0.331 e. The summed E-state index contributed by atoms with van der Waals surface area (Å²) < 4.78 is 0. The highest BCUT2D eigenvalue weighted by Gasteiger charge is 2.23. The van der Waals surface area contributed by atoms with E-state index in [2.05, 4.69) is 9.97 Å². The molecule has 1 aliphatic rings. The Kier molecular flexibility index (Phi) is 2.11. The number of hydrogen-bond donors (Lipinski definition) is 0. The van der Waals surface area contributed by atoms with Crippen molar-refractivity contribution in [3.05, 3.63) is 23.8 Å². The van der Waals surface area contributed by atoms with E-state index in [4.69, 9.17) is 5.26 Å². The van der Waals surface area contributed by atoms with Crippen LogP contribution in [0.15, 0.2) is 12.5 Å². The number of nitriles is 1. The van der Waals surface area contributed by atoms with Crippen molar-refractivity contribution >= 4 is 5.91 Å². The molecule has 2 rings (SSSR count). The summed E-state index contributed by atoms with van der Waals surface area (Å²) in [6.07, 6.45) is 3.11. The van der Waals surface area contributed by atoms with Crippen LogP contribution in [0.2, 0.25) is 0 Å². The highest BCUT2D eigenvalue weighted by molar-refractivity contribution is 5.78. The van der Waals surface area contributed by atoms with Gasteiger partial charge in [0, 0.05) is 18.3 Å². The molecule has 0 fully saturated rings. The van der Waals surface area contributed by atoms with Gasteiger partial charge < -0.3 is 4.90 Å². The number of fused-ring (bicyclic) bond motifs is 1. The van der Waals surface area contributed by atoms with Crippen LogP contribution in [0.25, 0.3) is 0 Å². The molecule has 0 bridgehead atoms. The second-order valence-electron chi connectivity index (χ2n) is 3.08. The maximum Gasteiger partial charge on any atom is 0.237 e. The Balaban J connectivity index is 2.12. The Morgan fingerprint density at radius 3 is 3.21 bits per heavy atom. The Morgan fingerprint density at radius 2 is 2.50 bits per heavy atom. The molecule has 0 saturated heterocycles. The van der Waals surface area contributed by atoms with Gasteiger partial charge >= 0.3 is 0 Å². The van der Waals surface area contributed by atoms with Crippen molar-refractivity contribution in [1.29, 1.82) is 5.26 Å². The first-order chi connectivity index (χ1) is 6.81. The number of carbonyl (C=O) groups is 1. The van der Waals surface area contributed by atoms with Crippen molar-refractivity contribution < 1.29 is 4.79 Å². The second kappa shape index (κ2) is 3.42. The van der Waals surface area contributed by atoms with Crippen molar-refractivity contribution in [3.63, 3.8) is 0 Å². The molecule has 0 unspecified atom stereocenters. The molecule has 0 aromatic carbocycles. The predicted octanol–water partition coefficient (Wildman–Crippen LogP) is 0.232. The third kappa shape index (κ3) is 1.42. The molecule has 1 amide bonds. The van der Waals surface area contributed by atoms with E-state index in [9.17, 15) is 4.79 Å². The summed E-state index contributed by atoms with van der Waals surface area (Å²) in [7, 11) is 0. The summed E-state index contributed by atoms with van der Waals surface area (Å²) in [5, 5.41) is 8.39. The van der Waals surface area contributed by atoms with E-state index in [1.165, 1.54) is 6.33 Å². The molecular formula is C9H8N4O. The van der Waals surface area contributed by atoms with E-state index < -0.39 is 0 Å². The summed E-state index contributed by atoms with van der Waals surface area (Å²) in [5.74, 6) is -0.148. The Labute approximate surface area is 81.0 Å². The van der Waals surface area contributed by atoms with Crippen LogP contribution < -0.4 is 0 Å². The zero-order valence-corrected chi connectivity index (χ0v) is 7.47. The minimum absolute atomic E-state index is 0.0680. The molecule has 0 atom stereocenters. The monoisotopic (exact) mass is 188 g/mol. The smallest absolute Gasteiger partial charge is 0.237 e. The van der Waals surface area contributed by atoms with Crippen molar-refractivity contribution in [1.82, 2.24) is 14.9 Å². The van der Waals surface area contributed by atoms with E-state index in [1.807, 2.05) is 6.07 Å². The Morgan fingerprint density at radius 1 is 1.64 bits per heavy atom. The van der Waals surface area contributed by atoms with Crippen LogP contribution in [0, 0.1) is 11.3 Å². The van der Waals surface area contributed by atoms with E-state index in [0.29, 0.717) is 13.1 Å². The average Bonchev–Trinajstić information content (AvgIpc) is 2.61. The molecule has 0 N–H and O–H groups in total. The molecule has 1 aliphatic heterocycles. The molecule has 14 heavy (non-hydrogen) atoms. The van der Waals surface area contributed by atoms with Gasteiger partial charge in [0.05, 0.1) is 18.3 Å². The maximum absolute atomic E-state index is 11.4. The largest absolute Gasteiger partial charge is 0.331 e. The molecule has 5 nitrogen and oxygen atoms in total. The van der Waals surface area contributed by atoms with Crippen LogP contribution in [-0.4, -0.2) is 20.8 Å². The zero-order valence-electron chi connectivity index (χ0n) is 7.47. The fourth-order valence-electron chi connectivity index (χ4n) is 1.46. The summed E-state index contributed by atoms with van der Waals surface area (Å²) in [6, 6.07) is 1.84. The minimum atomic E-state index is -0.148. The normalized spacial score (nSPS) is 13.5. The van der Waals surface area contributed by atoms with Gasteiger partial charge in [-0.3, -0.25) is 4.79 Å². The Bertz CT molecular complexity index is 385. The predicted molar refractivity (Wildman–Crippen MR) is 46.5 cm³/mol. The van der Waals surface area contributed by atoms with Crippen LogP contribution in [-0.2, 0) is 17.9 Å². The molecule has 0 radical (unpaired) electrons. The van der Waals surface area contributed by atoms with Crippen molar-refractivity contribution in [2.24, 2.45) is 0 Å². The molecule has 5 heteroatoms. The number of aromatic nitrogens is 2. The van der Waals surface area contributed by atoms with Crippen LogP contribution in [0.4, 0.5) is 0 Å². The van der Waals surface area contributed by atoms with Crippen LogP contribution in [0.1, 0.15) is 17.7 Å². The molecule has 0 spiro atoms. The summed E-state index contributed by atoms with van der Waals surface area (Å²) in [5.41, 5.74) is 1.85. The first-order valence-electron chi connectivity index (χ1n) is 4.23. The molecule has 1 aromatic rings. The van der Waals surface area contributed by atoms with Gasteiger partial charge in [-0.05, 0) is 0 Å². The zero-order chi connectivity index (χ0) is 9.97. The summed E-state index contributed by atoms with van der Waals surface area (Å²) >= 11 is 0. The van der Waals surface area contributed by atoms with Gasteiger partial charge in [-0.25, -0.2) is 9.97 Å². The van der Waals surface area contributed by atoms with Crippen molar-refractivity contribution in [2.75, 3.05) is 0 Å². The van der Waals surface area contributed by atoms with Crippen LogP contribution >= 0.6 is 0 Å². The Hall–Kier alpha value is -1.96. The standard InChI is InChI=1S/C9H8N4O/c10-2-1-9(14)13-4-7-3-11-6-12-8(7)5-13/h3,6H,1,4-5H2. The van der Waals surface area contributed by atoms with Crippen molar-refractivity contribution in [3.8, 4) is 6.07 Å². The van der Waals surface area contributed by atoms with Gasteiger partial charge in [0.15, 0.2) is 0 Å². The third-order valence-electron chi connectivity index (χ3n) is 2.17. The van der Waals surface area contributed by atoms with Gasteiger partial charge in [-0.1, -0.05) is 0 Å². The van der Waals surface area contributed by atoms with E-state index >= 15 is 0 Å². The first kappa shape index (κ1) is 8.63. The van der Waals surface area contributed by atoms with Crippen LogP contribution in [0.3, 0.4) is 0 Å². The highest BCUT2D eigenvalue weighted by Crippen LogP contribution is 2.19. The van der Waals surface area contributed by atoms with E-state index in [1.54, 1.807) is 11.1 Å². The molecule has 1 aromatic heterocycles. The number of amides is 1. The van der Waals surface area contributed by atoms with Gasteiger partial charge in [-0.2, -0.15) is 5.26 Å². The molecule has 70 valence electrons. The van der Waals surface area contributed by atoms with Gasteiger partial charge in [0.1, 0.15) is 12.7 Å². The first-order valence-corrected chi connectivity index (χ1v) is 4.23. The molecular weight excluding hydrogens is 180 g/mol. The lowest BCUT2D eigenvalue weighted by Crippen LogP contribution is -2.24. The summed E-state index contributed by atoms with van der Waals surface area (Å²) in [6.45, 7) is 1.02. The van der Waals surface area contributed by atoms with Crippen LogP contribution in [0.5, 0.6) is 0 Å². The lowest BCUT2D eigenvalue weighted by molar-refractivity contribution is -0.130. The number of rotatable bonds is 1. The third-order valence-corrected chi connectivity index (χ3v) is 2.17. The topological polar surface area (TPSA) is 69.9 Å². The lowest BCUT2D eigenvalue weighted by atomic mass is 10.3. The molecule has 0 aliphatic carbocycles. The number of nitrogens with zero attached hydrogens (tertiary/aromatic N) is 4. The fraction of sp³-hybridized carbons (Fsp3) is 0.333. The summed E-state index contributed by atoms with van der Waals surface area (Å²) in [4.78, 5) is 20.9. The van der Waals surface area contributed by atoms with Gasteiger partial charge in [-0.15, -0.1) is 0 Å². The fourth-order valence-corrected chi connectivity index (χ4v) is 1.46. The quantitative estimate of drug-likeness (QED) is 0.632. The maximum atomic E-state index is 11.4. The highest BCUT2D eigenvalue weighted by atomic mass is 16.2. The number of carbonyl (C=O) groups excluding carboxylic acids is 1. The number of hydrogen-bond acceptors (Lipinski definition) is 4. The average molecular weight is 188 g/mol. The lowest BCUT2D eigenvalue weighted by Gasteiger charge is -2.11. The second-order valence-corrected chi connectivity index (χ2v) is 3.08. The van der Waals surface area contributed by atoms with Crippen molar-refractivity contribution in [2.45, 2.75) is 19.5 Å². The van der Waals surface area contributed by atoms with E-state index in [-0.39, 0.29) is 12.3 Å². The van der Waals surface area contributed by atoms with Gasteiger partial charge in [0.25, 0.3) is 0 Å². The van der Waals surface area contributed by atoms with Gasteiger partial charge in [0.2, 0.25) is 5.91 Å². The van der Waals surface area contributed by atoms with E-state index in [0.717, 1.165) is 11.3 Å². The molecule has 2 heterocycles. The SMILES string of the molecule is N#CCC(=O)N1Cc2cncnc2C1. The molecule has 0 saturated carbocycles.